The monoisotopic (exact) mass is 161 g/mol. The molecule has 0 heterocycles. The van der Waals surface area contributed by atoms with Crippen LogP contribution in [0, 0.1) is 0 Å². The number of carboxylic acid groups (broad SMARTS) is 1. The van der Waals surface area contributed by atoms with Gasteiger partial charge in [-0.3, -0.25) is 4.79 Å². The molecule has 0 spiro atoms. The maximum atomic E-state index is 9.86. The van der Waals surface area contributed by atoms with E-state index in [0.29, 0.717) is 0 Å². The summed E-state index contributed by atoms with van der Waals surface area (Å²) in [5.41, 5.74) is 4.91. The molecule has 0 aromatic carbocycles. The van der Waals surface area contributed by atoms with E-state index in [2.05, 4.69) is 6.58 Å². The number of aliphatic hydroxyl groups excluding tert-OH is 1. The van der Waals surface area contributed by atoms with Crippen LogP contribution in [0.1, 0.15) is 13.8 Å². The summed E-state index contributed by atoms with van der Waals surface area (Å²) in [6.45, 7) is 6.58. The average molecular weight is 161 g/mol. The summed E-state index contributed by atoms with van der Waals surface area (Å²) < 4.78 is 0. The predicted octanol–water partition coefficient (Wildman–Crippen LogP) is -0.0286. The fraction of sp³-hybridized carbons (Fsp3) is 0.571. The van der Waals surface area contributed by atoms with Crippen LogP contribution in [-0.2, 0) is 4.79 Å². The number of rotatable bonds is 2. The standard InChI is InChI=1S/C4H9NO3.C3H6/c1-2(6)3(5)4(7)8;1-3-2/h2-3,6H,5H2,1H3,(H,7,8);3H,1H2,2H3. The van der Waals surface area contributed by atoms with E-state index in [1.807, 2.05) is 6.92 Å². The molecule has 0 aromatic rings. The number of aliphatic carboxylic acids is 1. The van der Waals surface area contributed by atoms with Crippen LogP contribution in [0.3, 0.4) is 0 Å². The molecule has 0 saturated carbocycles. The quantitative estimate of drug-likeness (QED) is 0.497. The van der Waals surface area contributed by atoms with Crippen molar-refractivity contribution in [1.82, 2.24) is 0 Å². The van der Waals surface area contributed by atoms with Gasteiger partial charge in [0.05, 0.1) is 6.10 Å². The number of hydrogen-bond acceptors (Lipinski definition) is 3. The second-order valence-electron chi connectivity index (χ2n) is 2.01. The first-order valence-electron chi connectivity index (χ1n) is 3.20. The molecule has 2 atom stereocenters. The minimum Gasteiger partial charge on any atom is -0.480 e. The molecule has 66 valence electrons. The van der Waals surface area contributed by atoms with Gasteiger partial charge in [-0.2, -0.15) is 0 Å². The highest BCUT2D eigenvalue weighted by Crippen LogP contribution is 1.85. The second kappa shape index (κ2) is 7.24. The largest absolute Gasteiger partial charge is 0.480 e. The maximum Gasteiger partial charge on any atom is 0.323 e. The first-order chi connectivity index (χ1) is 4.97. The molecule has 0 rings (SSSR count). The number of aliphatic hydroxyl groups is 1. The van der Waals surface area contributed by atoms with E-state index in [1.165, 1.54) is 6.92 Å². The van der Waals surface area contributed by atoms with Gasteiger partial charge < -0.3 is 15.9 Å². The van der Waals surface area contributed by atoms with E-state index >= 15 is 0 Å². The Bertz CT molecular complexity index is 123. The number of allylic oxidation sites excluding steroid dienone is 1. The number of carbonyl (C=O) groups is 1. The van der Waals surface area contributed by atoms with Crippen molar-refractivity contribution in [3.8, 4) is 0 Å². The highest BCUT2D eigenvalue weighted by atomic mass is 16.4. The zero-order valence-corrected chi connectivity index (χ0v) is 6.82. The van der Waals surface area contributed by atoms with Gasteiger partial charge in [0, 0.05) is 0 Å². The molecule has 11 heavy (non-hydrogen) atoms. The van der Waals surface area contributed by atoms with Crippen molar-refractivity contribution in [2.24, 2.45) is 5.73 Å². The highest BCUT2D eigenvalue weighted by Gasteiger charge is 2.16. The van der Waals surface area contributed by atoms with Crippen LogP contribution in [-0.4, -0.2) is 28.3 Å². The molecule has 2 unspecified atom stereocenters. The van der Waals surface area contributed by atoms with Crippen molar-refractivity contribution >= 4 is 5.97 Å². The predicted molar refractivity (Wildman–Crippen MR) is 43.2 cm³/mol. The Labute approximate surface area is 66.3 Å². The molecular weight excluding hydrogens is 146 g/mol. The first kappa shape index (κ1) is 12.8. The molecule has 4 heteroatoms. The molecule has 0 amide bonds. The van der Waals surface area contributed by atoms with Crippen LogP contribution in [0.15, 0.2) is 12.7 Å². The van der Waals surface area contributed by atoms with Gasteiger partial charge in [-0.05, 0) is 13.8 Å². The van der Waals surface area contributed by atoms with Crippen molar-refractivity contribution in [3.05, 3.63) is 12.7 Å². The molecule has 4 N–H and O–H groups in total. The lowest BCUT2D eigenvalue weighted by Crippen LogP contribution is -2.39. The molecular formula is C7H15NO3. The minimum atomic E-state index is -1.18. The van der Waals surface area contributed by atoms with E-state index in [-0.39, 0.29) is 0 Å². The first-order valence-corrected chi connectivity index (χ1v) is 3.20. The molecule has 0 aliphatic carbocycles. The van der Waals surface area contributed by atoms with Crippen LogP contribution in [0.2, 0.25) is 0 Å². The van der Waals surface area contributed by atoms with Gasteiger partial charge in [-0.15, -0.1) is 6.58 Å². The van der Waals surface area contributed by atoms with Crippen molar-refractivity contribution in [2.45, 2.75) is 26.0 Å². The Morgan fingerprint density at radius 3 is 2.00 bits per heavy atom. The van der Waals surface area contributed by atoms with Crippen molar-refractivity contribution in [2.75, 3.05) is 0 Å². The number of nitrogens with two attached hydrogens (primary N) is 1. The molecule has 4 nitrogen and oxygen atoms in total. The van der Waals surface area contributed by atoms with Crippen molar-refractivity contribution < 1.29 is 15.0 Å². The lowest BCUT2D eigenvalue weighted by molar-refractivity contribution is -0.140. The average Bonchev–Trinajstić information content (AvgIpc) is 1.87. The van der Waals surface area contributed by atoms with Gasteiger partial charge in [-0.25, -0.2) is 0 Å². The normalized spacial score (nSPS) is 13.8. The van der Waals surface area contributed by atoms with E-state index in [9.17, 15) is 4.79 Å². The Balaban J connectivity index is 0. The number of hydrogen-bond donors (Lipinski definition) is 3. The van der Waals surface area contributed by atoms with E-state index in [4.69, 9.17) is 15.9 Å². The van der Waals surface area contributed by atoms with Crippen LogP contribution in [0.25, 0.3) is 0 Å². The molecule has 0 aliphatic rings. The summed E-state index contributed by atoms with van der Waals surface area (Å²) in [6, 6.07) is -1.16. The van der Waals surface area contributed by atoms with Gasteiger partial charge in [0.25, 0.3) is 0 Å². The van der Waals surface area contributed by atoms with Crippen LogP contribution >= 0.6 is 0 Å². The Morgan fingerprint density at radius 2 is 2.00 bits per heavy atom. The lowest BCUT2D eigenvalue weighted by Gasteiger charge is -2.06. The fourth-order valence-electron chi connectivity index (χ4n) is 0.206. The van der Waals surface area contributed by atoms with Crippen LogP contribution in [0.5, 0.6) is 0 Å². The van der Waals surface area contributed by atoms with E-state index in [1.54, 1.807) is 6.08 Å². The molecule has 0 aromatic heterocycles. The Kier molecular flexibility index (Phi) is 8.41. The maximum absolute atomic E-state index is 9.86. The molecule has 0 fully saturated rings. The summed E-state index contributed by atoms with van der Waals surface area (Å²) in [6.07, 6.45) is 0.771. The summed E-state index contributed by atoms with van der Waals surface area (Å²) in [5.74, 6) is -1.18. The fourth-order valence-corrected chi connectivity index (χ4v) is 0.206. The smallest absolute Gasteiger partial charge is 0.323 e. The highest BCUT2D eigenvalue weighted by molar-refractivity contribution is 5.73. The van der Waals surface area contributed by atoms with Gasteiger partial charge in [0.1, 0.15) is 6.04 Å². The molecule has 0 aliphatic heterocycles. The van der Waals surface area contributed by atoms with Gasteiger partial charge in [-0.1, -0.05) is 6.08 Å². The minimum absolute atomic E-state index is 0.979. The third-order valence-corrected chi connectivity index (χ3v) is 0.805. The van der Waals surface area contributed by atoms with Gasteiger partial charge in [0.15, 0.2) is 0 Å². The van der Waals surface area contributed by atoms with Crippen molar-refractivity contribution in [1.29, 1.82) is 0 Å². The Morgan fingerprint density at radius 1 is 1.73 bits per heavy atom. The SMILES string of the molecule is C=CC.CC(O)C(N)C(=O)O. The number of carboxylic acids is 1. The zero-order valence-electron chi connectivity index (χ0n) is 6.82. The summed E-state index contributed by atoms with van der Waals surface area (Å²) in [5, 5.41) is 16.6. The third-order valence-electron chi connectivity index (χ3n) is 0.805. The second-order valence-corrected chi connectivity index (χ2v) is 2.01. The third kappa shape index (κ3) is 9.13. The summed E-state index contributed by atoms with van der Waals surface area (Å²) in [4.78, 5) is 9.86. The topological polar surface area (TPSA) is 83.5 Å². The van der Waals surface area contributed by atoms with Crippen molar-refractivity contribution in [3.63, 3.8) is 0 Å². The van der Waals surface area contributed by atoms with Crippen LogP contribution in [0.4, 0.5) is 0 Å². The molecule has 0 radical (unpaired) electrons. The summed E-state index contributed by atoms with van der Waals surface area (Å²) >= 11 is 0. The van der Waals surface area contributed by atoms with Gasteiger partial charge >= 0.3 is 5.97 Å². The van der Waals surface area contributed by atoms with Crippen LogP contribution < -0.4 is 5.73 Å². The Hall–Kier alpha value is -0.870. The van der Waals surface area contributed by atoms with E-state index in [0.717, 1.165) is 0 Å². The van der Waals surface area contributed by atoms with E-state index < -0.39 is 18.1 Å². The zero-order chi connectivity index (χ0) is 9.44. The molecule has 0 bridgehead atoms. The lowest BCUT2D eigenvalue weighted by atomic mass is 10.2. The molecule has 0 saturated heterocycles. The van der Waals surface area contributed by atoms with Gasteiger partial charge in [0.2, 0.25) is 0 Å². The summed E-state index contributed by atoms with van der Waals surface area (Å²) in [7, 11) is 0.